The molecule has 1 saturated heterocycles. The highest BCUT2D eigenvalue weighted by atomic mass is 35.5. The van der Waals surface area contributed by atoms with Crippen molar-refractivity contribution in [1.82, 2.24) is 4.90 Å². The Kier molecular flexibility index (Phi) is 3.62. The van der Waals surface area contributed by atoms with Gasteiger partial charge >= 0.3 is 0 Å². The highest BCUT2D eigenvalue weighted by molar-refractivity contribution is 7.80. The van der Waals surface area contributed by atoms with E-state index in [2.05, 4.69) is 6.07 Å². The molecule has 6 heteroatoms. The summed E-state index contributed by atoms with van der Waals surface area (Å²) >= 11 is 11.8. The number of anilines is 1. The van der Waals surface area contributed by atoms with Crippen LogP contribution in [0, 0.1) is 18.3 Å². The number of thiocarbonyl (C=S) groups is 1. The quantitative estimate of drug-likeness (QED) is 0.739. The van der Waals surface area contributed by atoms with Crippen LogP contribution in [-0.2, 0) is 4.79 Å². The van der Waals surface area contributed by atoms with Crippen LogP contribution in [0.3, 0.4) is 0 Å². The minimum absolute atomic E-state index is 0.0291. The van der Waals surface area contributed by atoms with E-state index in [1.807, 2.05) is 18.9 Å². The number of hydrogen-bond acceptors (Lipinski definition) is 3. The van der Waals surface area contributed by atoms with Gasteiger partial charge in [-0.2, -0.15) is 5.26 Å². The van der Waals surface area contributed by atoms with Gasteiger partial charge < -0.3 is 4.90 Å². The van der Waals surface area contributed by atoms with Gasteiger partial charge in [-0.15, -0.1) is 0 Å². The van der Waals surface area contributed by atoms with Gasteiger partial charge in [0.1, 0.15) is 11.6 Å². The maximum atomic E-state index is 13.1. The topological polar surface area (TPSA) is 47.3 Å². The molecule has 1 aromatic carbocycles. The highest BCUT2D eigenvalue weighted by Gasteiger charge is 2.55. The van der Waals surface area contributed by atoms with Crippen LogP contribution in [0.25, 0.3) is 0 Å². The van der Waals surface area contributed by atoms with Gasteiger partial charge in [0, 0.05) is 7.05 Å². The summed E-state index contributed by atoms with van der Waals surface area (Å²) in [4.78, 5) is 16.6. The summed E-state index contributed by atoms with van der Waals surface area (Å²) < 4.78 is 0. The zero-order chi connectivity index (χ0) is 16.1. The second-order valence-corrected chi connectivity index (χ2v) is 6.65. The van der Waals surface area contributed by atoms with Crippen LogP contribution in [0.15, 0.2) is 12.1 Å². The zero-order valence-corrected chi connectivity index (χ0v) is 14.1. The van der Waals surface area contributed by atoms with Crippen LogP contribution in [0.4, 0.5) is 5.69 Å². The highest BCUT2D eigenvalue weighted by Crippen LogP contribution is 2.43. The van der Waals surface area contributed by atoms with Gasteiger partial charge in [-0.25, -0.2) is 0 Å². The van der Waals surface area contributed by atoms with E-state index >= 15 is 0 Å². The molecule has 2 aliphatic rings. The maximum Gasteiger partial charge on any atom is 0.259 e. The van der Waals surface area contributed by atoms with Crippen molar-refractivity contribution in [3.63, 3.8) is 0 Å². The molecular weight excluding hydrogens is 318 g/mol. The molecule has 2 fully saturated rings. The van der Waals surface area contributed by atoms with Gasteiger partial charge in [0.25, 0.3) is 5.91 Å². The number of carbonyl (C=O) groups is 1. The SMILES string of the molecule is Cc1c(N2C(=O)C3(CCCC3)N(C)C2=S)ccc(C#N)c1Cl. The van der Waals surface area contributed by atoms with Gasteiger partial charge in [-0.05, 0) is 49.7 Å². The Hall–Kier alpha value is -1.64. The third-order valence-corrected chi connectivity index (χ3v) is 5.81. The number of halogens is 1. The molecular formula is C16H16ClN3OS. The molecule has 3 rings (SSSR count). The molecule has 0 atom stereocenters. The molecule has 0 aromatic heterocycles. The number of benzene rings is 1. The minimum Gasteiger partial charge on any atom is -0.337 e. The zero-order valence-electron chi connectivity index (χ0n) is 12.5. The molecule has 114 valence electrons. The fourth-order valence-electron chi connectivity index (χ4n) is 3.50. The Balaban J connectivity index is 2.10. The predicted molar refractivity (Wildman–Crippen MR) is 90.0 cm³/mol. The van der Waals surface area contributed by atoms with E-state index in [1.165, 1.54) is 0 Å². The molecule has 0 radical (unpaired) electrons. The van der Waals surface area contributed by atoms with Gasteiger partial charge in [-0.3, -0.25) is 9.69 Å². The minimum atomic E-state index is -0.496. The standard InChI is InChI=1S/C16H16ClN3OS/c1-10-12(6-5-11(9-18)13(10)17)20-14(21)16(7-3-4-8-16)19(2)15(20)22/h5-6H,3-4,7-8H2,1-2H3. The van der Waals surface area contributed by atoms with E-state index in [0.717, 1.165) is 25.7 Å². The number of carbonyl (C=O) groups excluding carboxylic acids is 1. The maximum absolute atomic E-state index is 13.1. The fourth-order valence-corrected chi connectivity index (χ4v) is 4.05. The summed E-state index contributed by atoms with van der Waals surface area (Å²) in [6, 6.07) is 5.45. The number of hydrogen-bond donors (Lipinski definition) is 0. The van der Waals surface area contributed by atoms with Crippen molar-refractivity contribution in [2.45, 2.75) is 38.1 Å². The summed E-state index contributed by atoms with van der Waals surface area (Å²) in [5, 5.41) is 9.95. The number of nitriles is 1. The van der Waals surface area contributed by atoms with Gasteiger partial charge in [0.15, 0.2) is 5.11 Å². The molecule has 0 N–H and O–H groups in total. The van der Waals surface area contributed by atoms with Crippen molar-refractivity contribution < 1.29 is 4.79 Å². The van der Waals surface area contributed by atoms with Crippen LogP contribution >= 0.6 is 23.8 Å². The van der Waals surface area contributed by atoms with Crippen LogP contribution < -0.4 is 4.90 Å². The summed E-state index contributed by atoms with van der Waals surface area (Å²) in [6.07, 6.45) is 3.75. The first kappa shape index (κ1) is 15.3. The van der Waals surface area contributed by atoms with Crippen LogP contribution in [0.5, 0.6) is 0 Å². The number of likely N-dealkylation sites (N-methyl/N-ethyl adjacent to an activating group) is 1. The first-order chi connectivity index (χ1) is 10.4. The summed E-state index contributed by atoms with van der Waals surface area (Å²) in [6.45, 7) is 1.81. The van der Waals surface area contributed by atoms with Crippen LogP contribution in [0.2, 0.25) is 5.02 Å². The summed E-state index contributed by atoms with van der Waals surface area (Å²) in [7, 11) is 1.89. The molecule has 1 heterocycles. The van der Waals surface area contributed by atoms with Crippen molar-refractivity contribution in [3.05, 3.63) is 28.3 Å². The second-order valence-electron chi connectivity index (χ2n) is 5.90. The van der Waals surface area contributed by atoms with Crippen molar-refractivity contribution in [1.29, 1.82) is 5.26 Å². The van der Waals surface area contributed by atoms with E-state index < -0.39 is 5.54 Å². The lowest BCUT2D eigenvalue weighted by molar-refractivity contribution is -0.124. The predicted octanol–water partition coefficient (Wildman–Crippen LogP) is 3.40. The molecule has 0 unspecified atom stereocenters. The normalized spacial score (nSPS) is 20.1. The van der Waals surface area contributed by atoms with E-state index in [4.69, 9.17) is 29.1 Å². The van der Waals surface area contributed by atoms with Gasteiger partial charge in [0.2, 0.25) is 0 Å². The van der Waals surface area contributed by atoms with E-state index in [0.29, 0.717) is 26.9 Å². The Bertz CT molecular complexity index is 719. The van der Waals surface area contributed by atoms with Crippen molar-refractivity contribution in [2.75, 3.05) is 11.9 Å². The van der Waals surface area contributed by atoms with Crippen molar-refractivity contribution in [3.8, 4) is 6.07 Å². The van der Waals surface area contributed by atoms with Gasteiger partial charge in [-0.1, -0.05) is 24.4 Å². The number of nitrogens with zero attached hydrogens (tertiary/aromatic N) is 3. The lowest BCUT2D eigenvalue weighted by atomic mass is 9.96. The number of amides is 1. The molecule has 1 aliphatic heterocycles. The molecule has 4 nitrogen and oxygen atoms in total. The molecule has 1 saturated carbocycles. The molecule has 0 bridgehead atoms. The average Bonchev–Trinajstić information content (AvgIpc) is 3.06. The smallest absolute Gasteiger partial charge is 0.259 e. The van der Waals surface area contributed by atoms with E-state index in [1.54, 1.807) is 17.0 Å². The largest absolute Gasteiger partial charge is 0.337 e. The monoisotopic (exact) mass is 333 g/mol. The van der Waals surface area contributed by atoms with Crippen molar-refractivity contribution in [2.24, 2.45) is 0 Å². The molecule has 1 amide bonds. The van der Waals surface area contributed by atoms with E-state index in [9.17, 15) is 4.79 Å². The Labute approximate surface area is 140 Å². The first-order valence-electron chi connectivity index (χ1n) is 7.25. The molecule has 1 aliphatic carbocycles. The first-order valence-corrected chi connectivity index (χ1v) is 8.04. The van der Waals surface area contributed by atoms with Crippen LogP contribution in [0.1, 0.15) is 36.8 Å². The van der Waals surface area contributed by atoms with Crippen molar-refractivity contribution >= 4 is 40.5 Å². The third-order valence-electron chi connectivity index (χ3n) is 4.87. The Morgan fingerprint density at radius 3 is 2.59 bits per heavy atom. The molecule has 1 aromatic rings. The Morgan fingerprint density at radius 1 is 1.36 bits per heavy atom. The second kappa shape index (κ2) is 5.22. The molecule has 22 heavy (non-hydrogen) atoms. The van der Waals surface area contributed by atoms with E-state index in [-0.39, 0.29) is 5.91 Å². The summed E-state index contributed by atoms with van der Waals surface area (Å²) in [5.41, 5.74) is 1.29. The molecule has 1 spiro atoms. The lowest BCUT2D eigenvalue weighted by Crippen LogP contribution is -2.45. The van der Waals surface area contributed by atoms with Gasteiger partial charge in [0.05, 0.1) is 16.3 Å². The average molecular weight is 334 g/mol. The third kappa shape index (κ3) is 1.87. The number of rotatable bonds is 1. The van der Waals surface area contributed by atoms with Crippen LogP contribution in [-0.4, -0.2) is 28.5 Å². The lowest BCUT2D eigenvalue weighted by Gasteiger charge is -2.28. The Morgan fingerprint density at radius 2 is 2.00 bits per heavy atom. The fraction of sp³-hybridized carbons (Fsp3) is 0.438. The summed E-state index contributed by atoms with van der Waals surface area (Å²) in [5.74, 6) is 0.0291.